The molecule has 1 aromatic carbocycles. The van der Waals surface area contributed by atoms with E-state index in [1.54, 1.807) is 6.92 Å². The monoisotopic (exact) mass is 342 g/mol. The molecule has 1 aromatic rings. The Labute approximate surface area is 138 Å². The van der Waals surface area contributed by atoms with Gasteiger partial charge in [-0.25, -0.2) is 4.79 Å². The van der Waals surface area contributed by atoms with Crippen LogP contribution in [-0.4, -0.2) is 42.3 Å². The molecule has 0 aliphatic carbocycles. The number of carbonyl (C=O) groups excluding carboxylic acids is 1. The first-order valence-corrected chi connectivity index (χ1v) is 7.72. The molecule has 1 aliphatic heterocycles. The van der Waals surface area contributed by atoms with Gasteiger partial charge < -0.3 is 14.7 Å². The van der Waals surface area contributed by atoms with Crippen molar-refractivity contribution in [1.82, 2.24) is 0 Å². The summed E-state index contributed by atoms with van der Waals surface area (Å²) in [4.78, 5) is 24.4. The van der Waals surface area contributed by atoms with E-state index in [0.29, 0.717) is 18.8 Å². The van der Waals surface area contributed by atoms with E-state index >= 15 is 0 Å². The Hall–Kier alpha value is -1.86. The van der Waals surface area contributed by atoms with Gasteiger partial charge in [-0.15, -0.1) is 0 Å². The number of methoxy groups -OCH3 is 1. The summed E-state index contributed by atoms with van der Waals surface area (Å²) in [6, 6.07) is 2.58. The molecule has 2 unspecified atom stereocenters. The number of benzene rings is 1. The van der Waals surface area contributed by atoms with Gasteiger partial charge in [-0.05, 0) is 25.8 Å². The first-order valence-electron chi connectivity index (χ1n) is 7.34. The summed E-state index contributed by atoms with van der Waals surface area (Å²) in [5.74, 6) is -0.674. The SMILES string of the molecule is COC(=O)c1cc([N+](=O)[O-])c(N2CCCC(C(C)O)C2)cc1Cl. The van der Waals surface area contributed by atoms with Crippen molar-refractivity contribution in [1.29, 1.82) is 0 Å². The minimum absolute atomic E-state index is 0.0336. The van der Waals surface area contributed by atoms with E-state index in [1.807, 2.05) is 4.90 Å². The minimum Gasteiger partial charge on any atom is -0.465 e. The fourth-order valence-electron chi connectivity index (χ4n) is 2.84. The number of rotatable bonds is 4. The van der Waals surface area contributed by atoms with Gasteiger partial charge in [0.2, 0.25) is 0 Å². The zero-order valence-corrected chi connectivity index (χ0v) is 13.7. The van der Waals surface area contributed by atoms with Crippen LogP contribution in [0.1, 0.15) is 30.1 Å². The molecule has 1 N–H and O–H groups in total. The van der Waals surface area contributed by atoms with Crippen LogP contribution in [0.2, 0.25) is 5.02 Å². The first-order chi connectivity index (χ1) is 10.8. The van der Waals surface area contributed by atoms with E-state index in [0.717, 1.165) is 18.9 Å². The quantitative estimate of drug-likeness (QED) is 0.513. The molecule has 7 nitrogen and oxygen atoms in total. The van der Waals surface area contributed by atoms with E-state index < -0.39 is 17.0 Å². The molecule has 0 bridgehead atoms. The van der Waals surface area contributed by atoms with Crippen molar-refractivity contribution >= 4 is 28.9 Å². The molecule has 126 valence electrons. The molecule has 0 aromatic heterocycles. The molecule has 8 heteroatoms. The number of ether oxygens (including phenoxy) is 1. The van der Waals surface area contributed by atoms with Gasteiger partial charge in [0.05, 0.1) is 28.7 Å². The number of nitro benzene ring substituents is 1. The van der Waals surface area contributed by atoms with Crippen LogP contribution in [0, 0.1) is 16.0 Å². The maximum absolute atomic E-state index is 11.7. The predicted octanol–water partition coefficient (Wildman–Crippen LogP) is 2.63. The highest BCUT2D eigenvalue weighted by Crippen LogP contribution is 2.36. The standard InChI is InChI=1S/C15H19ClN2O5/c1-9(19)10-4-3-5-17(8-10)13-7-12(16)11(15(20)23-2)6-14(13)18(21)22/h6-7,9-10,19H,3-5,8H2,1-2H3. The molecular formula is C15H19ClN2O5. The number of halogens is 1. The van der Waals surface area contributed by atoms with Crippen molar-refractivity contribution in [2.45, 2.75) is 25.9 Å². The Morgan fingerprint density at radius 1 is 1.57 bits per heavy atom. The van der Waals surface area contributed by atoms with Crippen molar-refractivity contribution in [3.8, 4) is 0 Å². The minimum atomic E-state index is -0.717. The number of piperidine rings is 1. The van der Waals surface area contributed by atoms with Gasteiger partial charge >= 0.3 is 5.97 Å². The van der Waals surface area contributed by atoms with E-state index in [1.165, 1.54) is 13.2 Å². The van der Waals surface area contributed by atoms with Crippen LogP contribution in [0.15, 0.2) is 12.1 Å². The predicted molar refractivity (Wildman–Crippen MR) is 86.1 cm³/mol. The molecule has 0 spiro atoms. The fraction of sp³-hybridized carbons (Fsp3) is 0.533. The van der Waals surface area contributed by atoms with Crippen molar-refractivity contribution in [2.75, 3.05) is 25.1 Å². The Morgan fingerprint density at radius 3 is 2.83 bits per heavy atom. The highest BCUT2D eigenvalue weighted by Gasteiger charge is 2.29. The maximum Gasteiger partial charge on any atom is 0.339 e. The molecule has 2 atom stereocenters. The zero-order chi connectivity index (χ0) is 17.1. The number of anilines is 1. The lowest BCUT2D eigenvalue weighted by molar-refractivity contribution is -0.384. The number of nitro groups is 1. The number of aliphatic hydroxyl groups excluding tert-OH is 1. The summed E-state index contributed by atoms with van der Waals surface area (Å²) in [6.07, 6.45) is 1.21. The number of carbonyl (C=O) groups is 1. The molecule has 0 amide bonds. The summed E-state index contributed by atoms with van der Waals surface area (Å²) < 4.78 is 4.59. The van der Waals surface area contributed by atoms with Crippen LogP contribution in [0.3, 0.4) is 0 Å². The second-order valence-corrected chi connectivity index (χ2v) is 6.07. The van der Waals surface area contributed by atoms with E-state index in [4.69, 9.17) is 11.6 Å². The summed E-state index contributed by atoms with van der Waals surface area (Å²) in [5.41, 5.74) is 0.132. The van der Waals surface area contributed by atoms with Crippen LogP contribution in [0.4, 0.5) is 11.4 Å². The third-order valence-corrected chi connectivity index (χ3v) is 4.46. The van der Waals surface area contributed by atoms with E-state index in [2.05, 4.69) is 4.74 Å². The summed E-state index contributed by atoms with van der Waals surface area (Å²) >= 11 is 6.10. The summed E-state index contributed by atoms with van der Waals surface area (Å²) in [5, 5.41) is 21.3. The van der Waals surface area contributed by atoms with Crippen LogP contribution in [-0.2, 0) is 4.74 Å². The number of esters is 1. The van der Waals surface area contributed by atoms with E-state index in [-0.39, 0.29) is 22.2 Å². The number of hydrogen-bond donors (Lipinski definition) is 1. The zero-order valence-electron chi connectivity index (χ0n) is 13.0. The van der Waals surface area contributed by atoms with Crippen LogP contribution >= 0.6 is 11.6 Å². The van der Waals surface area contributed by atoms with Gasteiger partial charge in [0.15, 0.2) is 0 Å². The third kappa shape index (κ3) is 3.73. The first kappa shape index (κ1) is 17.5. The second-order valence-electron chi connectivity index (χ2n) is 5.66. The van der Waals surface area contributed by atoms with Gasteiger partial charge in [-0.2, -0.15) is 0 Å². The Balaban J connectivity index is 2.43. The van der Waals surface area contributed by atoms with Crippen molar-refractivity contribution in [2.24, 2.45) is 5.92 Å². The average molecular weight is 343 g/mol. The van der Waals surface area contributed by atoms with Gasteiger partial charge in [0, 0.05) is 25.1 Å². The molecule has 0 radical (unpaired) electrons. The average Bonchev–Trinajstić information content (AvgIpc) is 2.53. The Kier molecular flexibility index (Phi) is 5.43. The molecule has 1 aliphatic rings. The number of aliphatic hydroxyl groups is 1. The van der Waals surface area contributed by atoms with Crippen molar-refractivity contribution in [3.63, 3.8) is 0 Å². The van der Waals surface area contributed by atoms with Gasteiger partial charge in [-0.1, -0.05) is 11.6 Å². The van der Waals surface area contributed by atoms with Gasteiger partial charge in [0.25, 0.3) is 5.69 Å². The lowest BCUT2D eigenvalue weighted by Gasteiger charge is -2.35. The highest BCUT2D eigenvalue weighted by atomic mass is 35.5. The normalized spacial score (nSPS) is 19.3. The Morgan fingerprint density at radius 2 is 2.26 bits per heavy atom. The highest BCUT2D eigenvalue weighted by molar-refractivity contribution is 6.34. The lowest BCUT2D eigenvalue weighted by atomic mass is 9.93. The van der Waals surface area contributed by atoms with Crippen molar-refractivity contribution in [3.05, 3.63) is 32.8 Å². The molecule has 0 saturated carbocycles. The van der Waals surface area contributed by atoms with Gasteiger partial charge in [0.1, 0.15) is 5.69 Å². The maximum atomic E-state index is 11.7. The smallest absolute Gasteiger partial charge is 0.339 e. The van der Waals surface area contributed by atoms with Crippen LogP contribution in [0.25, 0.3) is 0 Å². The van der Waals surface area contributed by atoms with Crippen molar-refractivity contribution < 1.29 is 19.6 Å². The topological polar surface area (TPSA) is 92.9 Å². The Bertz CT molecular complexity index is 620. The number of nitrogens with zero attached hydrogens (tertiary/aromatic N) is 2. The number of hydrogen-bond acceptors (Lipinski definition) is 6. The molecule has 1 fully saturated rings. The fourth-order valence-corrected chi connectivity index (χ4v) is 3.07. The molecule has 2 rings (SSSR count). The molecular weight excluding hydrogens is 324 g/mol. The molecule has 23 heavy (non-hydrogen) atoms. The van der Waals surface area contributed by atoms with Gasteiger partial charge in [-0.3, -0.25) is 10.1 Å². The molecule has 1 saturated heterocycles. The van der Waals surface area contributed by atoms with Crippen LogP contribution in [0.5, 0.6) is 0 Å². The second kappa shape index (κ2) is 7.14. The summed E-state index contributed by atoms with van der Waals surface area (Å²) in [7, 11) is 1.19. The van der Waals surface area contributed by atoms with E-state index in [9.17, 15) is 20.0 Å². The third-order valence-electron chi connectivity index (χ3n) is 4.15. The lowest BCUT2D eigenvalue weighted by Crippen LogP contribution is -2.39. The van der Waals surface area contributed by atoms with Crippen LogP contribution < -0.4 is 4.90 Å². The summed E-state index contributed by atoms with van der Waals surface area (Å²) in [6.45, 7) is 2.86. The largest absolute Gasteiger partial charge is 0.465 e. The molecule has 1 heterocycles.